The lowest BCUT2D eigenvalue weighted by molar-refractivity contribution is -0.150. The molecule has 0 aliphatic carbocycles. The van der Waals surface area contributed by atoms with E-state index in [9.17, 15) is 4.79 Å². The quantitative estimate of drug-likeness (QED) is 0.434. The van der Waals surface area contributed by atoms with Gasteiger partial charge in [-0.25, -0.2) is 0 Å². The maximum atomic E-state index is 10.9. The number of ether oxygens (including phenoxy) is 1. The summed E-state index contributed by atoms with van der Waals surface area (Å²) < 4.78 is 5.12. The van der Waals surface area contributed by atoms with Crippen molar-refractivity contribution in [3.8, 4) is 0 Å². The van der Waals surface area contributed by atoms with E-state index >= 15 is 0 Å². The second kappa shape index (κ2) is 4.93. The van der Waals surface area contributed by atoms with Crippen LogP contribution in [0.1, 0.15) is 12.8 Å². The second-order valence-electron chi connectivity index (χ2n) is 4.10. The zero-order chi connectivity index (χ0) is 11.5. The minimum absolute atomic E-state index is 0.0144. The summed E-state index contributed by atoms with van der Waals surface area (Å²) in [7, 11) is -1.36. The normalized spacial score (nSPS) is 31.3. The zero-order valence-electron chi connectivity index (χ0n) is 8.43. The highest BCUT2D eigenvalue weighted by molar-refractivity contribution is 6.40. The van der Waals surface area contributed by atoms with Crippen molar-refractivity contribution in [3.63, 3.8) is 0 Å². The Hall–Kier alpha value is -0.625. The van der Waals surface area contributed by atoms with E-state index in [0.717, 1.165) is 0 Å². The van der Waals surface area contributed by atoms with E-state index < -0.39 is 18.6 Å². The molecule has 1 aliphatic heterocycles. The number of carboxylic acid groups (broad SMARTS) is 1. The predicted octanol–water partition coefficient (Wildman–Crippen LogP) is -1.33. The van der Waals surface area contributed by atoms with Crippen LogP contribution in [0.2, 0.25) is 6.32 Å². The molecule has 0 amide bonds. The van der Waals surface area contributed by atoms with Crippen molar-refractivity contribution in [2.75, 3.05) is 13.2 Å². The highest BCUT2D eigenvalue weighted by Crippen LogP contribution is 2.25. The fraction of sp³-hybridized carbons (Fsp3) is 0.875. The van der Waals surface area contributed by atoms with Gasteiger partial charge in [-0.3, -0.25) is 4.79 Å². The van der Waals surface area contributed by atoms with Crippen LogP contribution in [0.3, 0.4) is 0 Å². The average Bonchev–Trinajstić information content (AvgIpc) is 2.15. The summed E-state index contributed by atoms with van der Waals surface area (Å²) in [6.07, 6.45) is 1.03. The number of rotatable bonds is 4. The summed E-state index contributed by atoms with van der Waals surface area (Å²) in [6.45, 7) is 0.444. The summed E-state index contributed by atoms with van der Waals surface area (Å²) in [5.41, 5.74) is 4.32. The van der Waals surface area contributed by atoms with Gasteiger partial charge in [0.1, 0.15) is 5.54 Å². The Labute approximate surface area is 88.2 Å². The fourth-order valence-electron chi connectivity index (χ4n) is 1.76. The lowest BCUT2D eigenvalue weighted by Crippen LogP contribution is -2.56. The highest BCUT2D eigenvalue weighted by Gasteiger charge is 2.40. The minimum Gasteiger partial charge on any atom is -0.480 e. The van der Waals surface area contributed by atoms with Crippen LogP contribution in [-0.2, 0) is 9.53 Å². The number of carboxylic acids is 1. The van der Waals surface area contributed by atoms with Crippen LogP contribution >= 0.6 is 0 Å². The molecule has 0 aromatic rings. The first kappa shape index (κ1) is 12.4. The molecule has 0 aromatic carbocycles. The predicted molar refractivity (Wildman–Crippen MR) is 53.1 cm³/mol. The molecule has 0 aromatic heterocycles. The van der Waals surface area contributed by atoms with Gasteiger partial charge in [0.05, 0.1) is 6.61 Å². The first-order chi connectivity index (χ1) is 6.94. The Morgan fingerprint density at radius 3 is 2.80 bits per heavy atom. The SMILES string of the molecule is N[C@@]1(C(=O)O)COC[C@H](CCB(O)O)C1. The molecule has 1 heterocycles. The van der Waals surface area contributed by atoms with Gasteiger partial charge in [-0.2, -0.15) is 0 Å². The van der Waals surface area contributed by atoms with E-state index in [-0.39, 0.29) is 18.8 Å². The second-order valence-corrected chi connectivity index (χ2v) is 4.10. The number of nitrogens with two attached hydrogens (primary N) is 1. The monoisotopic (exact) mass is 217 g/mol. The minimum atomic E-state index is -1.36. The van der Waals surface area contributed by atoms with Gasteiger partial charge in [0, 0.05) is 6.61 Å². The zero-order valence-corrected chi connectivity index (χ0v) is 8.43. The van der Waals surface area contributed by atoms with Gasteiger partial charge in [-0.15, -0.1) is 0 Å². The van der Waals surface area contributed by atoms with Crippen LogP contribution in [0.15, 0.2) is 0 Å². The average molecular weight is 217 g/mol. The molecule has 5 N–H and O–H groups in total. The maximum Gasteiger partial charge on any atom is 0.451 e. The molecule has 1 fully saturated rings. The van der Waals surface area contributed by atoms with Gasteiger partial charge < -0.3 is 25.6 Å². The lowest BCUT2D eigenvalue weighted by atomic mass is 9.77. The van der Waals surface area contributed by atoms with Crippen LogP contribution in [-0.4, -0.2) is 47.0 Å². The molecule has 0 radical (unpaired) electrons. The van der Waals surface area contributed by atoms with Crippen molar-refractivity contribution in [1.29, 1.82) is 0 Å². The van der Waals surface area contributed by atoms with Gasteiger partial charge in [-0.05, 0) is 25.1 Å². The van der Waals surface area contributed by atoms with E-state index in [1.165, 1.54) is 0 Å². The van der Waals surface area contributed by atoms with Crippen LogP contribution in [0.4, 0.5) is 0 Å². The van der Waals surface area contributed by atoms with Crippen molar-refractivity contribution in [1.82, 2.24) is 0 Å². The van der Waals surface area contributed by atoms with Crippen LogP contribution < -0.4 is 5.73 Å². The molecule has 6 nitrogen and oxygen atoms in total. The third-order valence-electron chi connectivity index (χ3n) is 2.63. The summed E-state index contributed by atoms with van der Waals surface area (Å²) in [4.78, 5) is 10.9. The number of hydrogen-bond acceptors (Lipinski definition) is 5. The highest BCUT2D eigenvalue weighted by atomic mass is 16.5. The molecular weight excluding hydrogens is 201 g/mol. The van der Waals surface area contributed by atoms with E-state index in [4.69, 9.17) is 25.6 Å². The van der Waals surface area contributed by atoms with Crippen molar-refractivity contribution < 1.29 is 24.7 Å². The van der Waals surface area contributed by atoms with E-state index in [1.54, 1.807) is 0 Å². The summed E-state index contributed by atoms with van der Waals surface area (Å²) in [5, 5.41) is 26.3. The molecule has 2 atom stereocenters. The van der Waals surface area contributed by atoms with Crippen molar-refractivity contribution >= 4 is 13.1 Å². The topological polar surface area (TPSA) is 113 Å². The van der Waals surface area contributed by atoms with Crippen molar-refractivity contribution in [3.05, 3.63) is 0 Å². The van der Waals surface area contributed by atoms with Gasteiger partial charge in [0.25, 0.3) is 0 Å². The number of hydrogen-bond donors (Lipinski definition) is 4. The van der Waals surface area contributed by atoms with Crippen LogP contribution in [0, 0.1) is 5.92 Å². The Morgan fingerprint density at radius 1 is 1.60 bits per heavy atom. The molecule has 0 saturated carbocycles. The van der Waals surface area contributed by atoms with Gasteiger partial charge in [0.2, 0.25) is 0 Å². The Kier molecular flexibility index (Phi) is 4.09. The third-order valence-corrected chi connectivity index (χ3v) is 2.63. The molecule has 1 rings (SSSR count). The molecule has 0 bridgehead atoms. The molecular formula is C8H16BNO5. The van der Waals surface area contributed by atoms with Crippen molar-refractivity contribution in [2.45, 2.75) is 24.7 Å². The van der Waals surface area contributed by atoms with E-state index in [1.807, 2.05) is 0 Å². The largest absolute Gasteiger partial charge is 0.480 e. The lowest BCUT2D eigenvalue weighted by Gasteiger charge is -2.34. The Morgan fingerprint density at radius 2 is 2.27 bits per heavy atom. The summed E-state index contributed by atoms with van der Waals surface area (Å²) >= 11 is 0. The molecule has 1 saturated heterocycles. The number of carbonyl (C=O) groups is 1. The standard InChI is InChI=1S/C8H16BNO5/c10-8(7(11)12)3-6(4-15-5-8)1-2-9(13)14/h6,13-14H,1-5,10H2,(H,11,12)/t6-,8-/m1/s1. The van der Waals surface area contributed by atoms with Crippen molar-refractivity contribution in [2.24, 2.45) is 11.7 Å². The number of aliphatic carboxylic acids is 1. The molecule has 15 heavy (non-hydrogen) atoms. The smallest absolute Gasteiger partial charge is 0.451 e. The van der Waals surface area contributed by atoms with E-state index in [2.05, 4.69) is 0 Å². The first-order valence-electron chi connectivity index (χ1n) is 4.90. The van der Waals surface area contributed by atoms with Crippen LogP contribution in [0.25, 0.3) is 0 Å². The van der Waals surface area contributed by atoms with E-state index in [0.29, 0.717) is 19.4 Å². The summed E-state index contributed by atoms with van der Waals surface area (Å²) in [6, 6.07) is 0. The Balaban J connectivity index is 2.45. The van der Waals surface area contributed by atoms with Gasteiger partial charge in [0.15, 0.2) is 0 Å². The molecule has 86 valence electrons. The molecule has 0 spiro atoms. The molecule has 1 aliphatic rings. The Bertz CT molecular complexity index is 237. The molecule has 7 heteroatoms. The van der Waals surface area contributed by atoms with Gasteiger partial charge >= 0.3 is 13.1 Å². The van der Waals surface area contributed by atoms with Crippen LogP contribution in [0.5, 0.6) is 0 Å². The first-order valence-corrected chi connectivity index (χ1v) is 4.90. The van der Waals surface area contributed by atoms with Gasteiger partial charge in [-0.1, -0.05) is 0 Å². The maximum absolute atomic E-state index is 10.9. The summed E-state index contributed by atoms with van der Waals surface area (Å²) in [5.74, 6) is -1.10. The third kappa shape index (κ3) is 3.46. The molecule has 0 unspecified atom stereocenters. The fourth-order valence-corrected chi connectivity index (χ4v) is 1.76.